The zero-order valence-electron chi connectivity index (χ0n) is 15.3. The van der Waals surface area contributed by atoms with Gasteiger partial charge < -0.3 is 15.8 Å². The number of nitrogens with two attached hydrogens (primary N) is 1. The summed E-state index contributed by atoms with van der Waals surface area (Å²) >= 11 is 0. The van der Waals surface area contributed by atoms with Crippen LogP contribution < -0.4 is 15.8 Å². The van der Waals surface area contributed by atoms with Gasteiger partial charge in [0.2, 0.25) is 11.8 Å². The molecular formula is C19H20N4O5. The topological polar surface area (TPSA) is 128 Å². The molecule has 2 aromatic rings. The number of carbonyl (C=O) groups excluding carboxylic acids is 2. The molecule has 0 bridgehead atoms. The fourth-order valence-corrected chi connectivity index (χ4v) is 3.29. The van der Waals surface area contributed by atoms with Gasteiger partial charge in [0.05, 0.1) is 30.7 Å². The molecule has 0 radical (unpaired) electrons. The molecule has 0 aromatic heterocycles. The molecule has 1 aliphatic heterocycles. The maximum Gasteiger partial charge on any atom is 0.296 e. The third-order valence-corrected chi connectivity index (χ3v) is 4.70. The van der Waals surface area contributed by atoms with Gasteiger partial charge in [-0.1, -0.05) is 24.3 Å². The molecule has 9 nitrogen and oxygen atoms in total. The van der Waals surface area contributed by atoms with Gasteiger partial charge in [-0.25, -0.2) is 0 Å². The quantitative estimate of drug-likeness (QED) is 0.573. The summed E-state index contributed by atoms with van der Waals surface area (Å²) in [5, 5.41) is 13.8. The van der Waals surface area contributed by atoms with Crippen molar-refractivity contribution in [3.05, 3.63) is 63.7 Å². The minimum absolute atomic E-state index is 0.0591. The van der Waals surface area contributed by atoms with Gasteiger partial charge in [0.15, 0.2) is 0 Å². The molecule has 0 saturated heterocycles. The fourth-order valence-electron chi connectivity index (χ4n) is 3.29. The van der Waals surface area contributed by atoms with E-state index in [1.54, 1.807) is 4.90 Å². The summed E-state index contributed by atoms with van der Waals surface area (Å²) in [6, 6.07) is 11.2. The number of nitro benzene ring substituents is 1. The lowest BCUT2D eigenvalue weighted by molar-refractivity contribution is -0.384. The van der Waals surface area contributed by atoms with Crippen LogP contribution in [0.5, 0.6) is 5.75 Å². The molecule has 0 fully saturated rings. The summed E-state index contributed by atoms with van der Waals surface area (Å²) < 4.78 is 4.98. The van der Waals surface area contributed by atoms with Crippen molar-refractivity contribution in [1.82, 2.24) is 4.90 Å². The van der Waals surface area contributed by atoms with Crippen LogP contribution in [0.25, 0.3) is 0 Å². The lowest BCUT2D eigenvalue weighted by Crippen LogP contribution is -2.50. The number of methoxy groups -OCH3 is 1. The van der Waals surface area contributed by atoms with E-state index in [-0.39, 0.29) is 17.9 Å². The SMILES string of the molecule is COc1ccc(NC(=O)CN2Cc3ccccc3CC2C(N)=O)c([N+](=O)[O-])c1. The number of anilines is 1. The number of nitrogens with zero attached hydrogens (tertiary/aromatic N) is 2. The Hall–Kier alpha value is -3.46. The zero-order chi connectivity index (χ0) is 20.3. The summed E-state index contributed by atoms with van der Waals surface area (Å²) in [6.45, 7) is 0.271. The van der Waals surface area contributed by atoms with Crippen LogP contribution in [0.2, 0.25) is 0 Å². The summed E-state index contributed by atoms with van der Waals surface area (Å²) in [7, 11) is 1.40. The van der Waals surface area contributed by atoms with E-state index in [2.05, 4.69) is 5.32 Å². The lowest BCUT2D eigenvalue weighted by Gasteiger charge is -2.34. The second-order valence-corrected chi connectivity index (χ2v) is 6.48. The normalized spacial score (nSPS) is 16.1. The second kappa shape index (κ2) is 8.05. The maximum absolute atomic E-state index is 12.5. The Morgan fingerprint density at radius 2 is 2.00 bits per heavy atom. The smallest absolute Gasteiger partial charge is 0.296 e. The highest BCUT2D eigenvalue weighted by Crippen LogP contribution is 2.29. The average molecular weight is 384 g/mol. The van der Waals surface area contributed by atoms with E-state index in [1.165, 1.54) is 25.3 Å². The molecule has 0 saturated carbocycles. The van der Waals surface area contributed by atoms with Crippen LogP contribution in [-0.2, 0) is 22.6 Å². The van der Waals surface area contributed by atoms with Crippen LogP contribution in [0.15, 0.2) is 42.5 Å². The second-order valence-electron chi connectivity index (χ2n) is 6.48. The van der Waals surface area contributed by atoms with Crippen LogP contribution >= 0.6 is 0 Å². The first kappa shape index (κ1) is 19.3. The Morgan fingerprint density at radius 1 is 1.29 bits per heavy atom. The van der Waals surface area contributed by atoms with Crippen molar-refractivity contribution >= 4 is 23.2 Å². The first-order valence-corrected chi connectivity index (χ1v) is 8.61. The van der Waals surface area contributed by atoms with E-state index in [1.807, 2.05) is 24.3 Å². The average Bonchev–Trinajstić information content (AvgIpc) is 2.67. The Bertz CT molecular complexity index is 930. The number of hydrogen-bond acceptors (Lipinski definition) is 6. The monoisotopic (exact) mass is 384 g/mol. The molecule has 2 aromatic carbocycles. The third-order valence-electron chi connectivity index (χ3n) is 4.70. The van der Waals surface area contributed by atoms with Gasteiger partial charge in [-0.2, -0.15) is 0 Å². The van der Waals surface area contributed by atoms with Crippen LogP contribution in [0, 0.1) is 10.1 Å². The maximum atomic E-state index is 12.5. The highest BCUT2D eigenvalue weighted by Gasteiger charge is 2.31. The van der Waals surface area contributed by atoms with Gasteiger partial charge in [-0.3, -0.25) is 24.6 Å². The van der Waals surface area contributed by atoms with Gasteiger partial charge in [-0.05, 0) is 29.7 Å². The van der Waals surface area contributed by atoms with E-state index < -0.39 is 22.8 Å². The van der Waals surface area contributed by atoms with Crippen LogP contribution in [0.1, 0.15) is 11.1 Å². The van der Waals surface area contributed by atoms with Crippen LogP contribution in [0.4, 0.5) is 11.4 Å². The van der Waals surface area contributed by atoms with Crippen molar-refractivity contribution < 1.29 is 19.2 Å². The van der Waals surface area contributed by atoms with E-state index in [0.717, 1.165) is 11.1 Å². The zero-order valence-corrected chi connectivity index (χ0v) is 15.3. The molecule has 3 N–H and O–H groups in total. The Kier molecular flexibility index (Phi) is 5.55. The van der Waals surface area contributed by atoms with Gasteiger partial charge in [-0.15, -0.1) is 0 Å². The number of benzene rings is 2. The minimum Gasteiger partial charge on any atom is -0.496 e. The molecule has 146 valence electrons. The number of nitro groups is 1. The van der Waals surface area contributed by atoms with Crippen molar-refractivity contribution in [3.63, 3.8) is 0 Å². The molecule has 1 heterocycles. The van der Waals surface area contributed by atoms with E-state index in [4.69, 9.17) is 10.5 Å². The highest BCUT2D eigenvalue weighted by atomic mass is 16.6. The number of ether oxygens (including phenoxy) is 1. The van der Waals surface area contributed by atoms with E-state index in [9.17, 15) is 19.7 Å². The van der Waals surface area contributed by atoms with Gasteiger partial charge >= 0.3 is 0 Å². The minimum atomic E-state index is -0.619. The van der Waals surface area contributed by atoms with Crippen molar-refractivity contribution in [1.29, 1.82) is 0 Å². The third kappa shape index (κ3) is 4.09. The summed E-state index contributed by atoms with van der Waals surface area (Å²) in [5.41, 5.74) is 7.35. The number of rotatable bonds is 6. The molecule has 0 spiro atoms. The number of amides is 2. The predicted octanol–water partition coefficient (Wildman–Crippen LogP) is 1.45. The summed E-state index contributed by atoms with van der Waals surface area (Å²) in [5.74, 6) is -0.678. The largest absolute Gasteiger partial charge is 0.496 e. The molecule has 2 amide bonds. The molecular weight excluding hydrogens is 364 g/mol. The van der Waals surface area contributed by atoms with Crippen molar-refractivity contribution in [2.75, 3.05) is 19.0 Å². The summed E-state index contributed by atoms with van der Waals surface area (Å²) in [6.07, 6.45) is 0.418. The van der Waals surface area contributed by atoms with E-state index >= 15 is 0 Å². The van der Waals surface area contributed by atoms with E-state index in [0.29, 0.717) is 18.7 Å². The Labute approximate surface area is 161 Å². The molecule has 3 rings (SSSR count). The lowest BCUT2D eigenvalue weighted by atomic mass is 9.93. The first-order valence-electron chi connectivity index (χ1n) is 8.61. The van der Waals surface area contributed by atoms with Gasteiger partial charge in [0.1, 0.15) is 11.4 Å². The number of nitrogens with one attached hydrogen (secondary N) is 1. The highest BCUT2D eigenvalue weighted by molar-refractivity contribution is 5.95. The molecule has 1 aliphatic rings. The van der Waals surface area contributed by atoms with Gasteiger partial charge in [0, 0.05) is 6.54 Å². The number of hydrogen-bond donors (Lipinski definition) is 2. The number of fused-ring (bicyclic) bond motifs is 1. The van der Waals surface area contributed by atoms with Crippen LogP contribution in [-0.4, -0.2) is 41.3 Å². The van der Waals surface area contributed by atoms with Crippen molar-refractivity contribution in [3.8, 4) is 5.75 Å². The fraction of sp³-hybridized carbons (Fsp3) is 0.263. The Morgan fingerprint density at radius 3 is 2.64 bits per heavy atom. The predicted molar refractivity (Wildman–Crippen MR) is 102 cm³/mol. The molecule has 1 atom stereocenters. The molecule has 9 heteroatoms. The Balaban J connectivity index is 1.77. The standard InChI is InChI=1S/C19H20N4O5/c1-28-14-6-7-15(16(9-14)23(26)27)21-18(24)11-22-10-13-5-3-2-4-12(13)8-17(22)19(20)25/h2-7,9,17H,8,10-11H2,1H3,(H2,20,25)(H,21,24). The number of primary amides is 1. The van der Waals surface area contributed by atoms with Gasteiger partial charge in [0.25, 0.3) is 5.69 Å². The molecule has 28 heavy (non-hydrogen) atoms. The summed E-state index contributed by atoms with van der Waals surface area (Å²) in [4.78, 5) is 36.8. The van der Waals surface area contributed by atoms with Crippen molar-refractivity contribution in [2.24, 2.45) is 5.73 Å². The molecule has 0 aliphatic carbocycles. The first-order chi connectivity index (χ1) is 13.4. The van der Waals surface area contributed by atoms with Crippen molar-refractivity contribution in [2.45, 2.75) is 19.0 Å². The number of carbonyl (C=O) groups is 2. The molecule has 1 unspecified atom stereocenters. The van der Waals surface area contributed by atoms with Crippen LogP contribution in [0.3, 0.4) is 0 Å².